The second-order valence-electron chi connectivity index (χ2n) is 4.34. The van der Waals surface area contributed by atoms with E-state index < -0.39 is 12.8 Å². The maximum absolute atomic E-state index is 11.9. The van der Waals surface area contributed by atoms with Crippen LogP contribution in [0.5, 0.6) is 5.75 Å². The van der Waals surface area contributed by atoms with Gasteiger partial charge in [0.2, 0.25) is 0 Å². The molecule has 0 radical (unpaired) electrons. The molecule has 0 aliphatic rings. The Labute approximate surface area is 119 Å². The van der Waals surface area contributed by atoms with Gasteiger partial charge in [-0.2, -0.15) is 13.2 Å². The van der Waals surface area contributed by atoms with E-state index in [0.29, 0.717) is 11.6 Å². The lowest BCUT2D eigenvalue weighted by molar-refractivity contribution is -0.172. The first-order chi connectivity index (χ1) is 9.99. The Morgan fingerprint density at radius 2 is 2.05 bits per heavy atom. The molecule has 0 saturated carbocycles. The Kier molecular flexibility index (Phi) is 4.85. The molecule has 2 rings (SSSR count). The van der Waals surface area contributed by atoms with E-state index in [1.54, 1.807) is 13.3 Å². The first kappa shape index (κ1) is 15.4. The van der Waals surface area contributed by atoms with Crippen molar-refractivity contribution in [3.05, 3.63) is 30.5 Å². The van der Waals surface area contributed by atoms with E-state index in [-0.39, 0.29) is 13.2 Å². The molecule has 1 heterocycles. The number of aromatic nitrogens is 1. The highest BCUT2D eigenvalue weighted by molar-refractivity contribution is 5.92. The number of ether oxygens (including phenoxy) is 2. The summed E-state index contributed by atoms with van der Waals surface area (Å²) in [6.07, 6.45) is -2.67. The molecule has 0 atom stereocenters. The molecular weight excluding hydrogens is 285 g/mol. The van der Waals surface area contributed by atoms with Crippen LogP contribution in [0.25, 0.3) is 10.8 Å². The Morgan fingerprint density at radius 1 is 1.24 bits per heavy atom. The molecule has 1 N–H and O–H groups in total. The van der Waals surface area contributed by atoms with E-state index in [2.05, 4.69) is 15.0 Å². The van der Waals surface area contributed by atoms with Gasteiger partial charge in [-0.3, -0.25) is 0 Å². The second kappa shape index (κ2) is 6.62. The number of rotatable bonds is 6. The predicted octanol–water partition coefficient (Wildman–Crippen LogP) is 3.23. The van der Waals surface area contributed by atoms with E-state index >= 15 is 0 Å². The van der Waals surface area contributed by atoms with E-state index in [9.17, 15) is 13.2 Å². The van der Waals surface area contributed by atoms with Gasteiger partial charge in [0, 0.05) is 18.1 Å². The van der Waals surface area contributed by atoms with Crippen LogP contribution in [0.1, 0.15) is 0 Å². The van der Waals surface area contributed by atoms with Crippen molar-refractivity contribution in [2.24, 2.45) is 0 Å². The van der Waals surface area contributed by atoms with Crippen LogP contribution in [0.2, 0.25) is 0 Å². The lowest BCUT2D eigenvalue weighted by Crippen LogP contribution is -2.20. The van der Waals surface area contributed by atoms with Crippen molar-refractivity contribution in [2.75, 3.05) is 32.2 Å². The smallest absolute Gasteiger partial charge is 0.411 e. The van der Waals surface area contributed by atoms with Gasteiger partial charge in [-0.25, -0.2) is 4.98 Å². The van der Waals surface area contributed by atoms with Crippen molar-refractivity contribution >= 4 is 16.6 Å². The van der Waals surface area contributed by atoms with Gasteiger partial charge >= 0.3 is 6.18 Å². The zero-order valence-corrected chi connectivity index (χ0v) is 11.4. The summed E-state index contributed by atoms with van der Waals surface area (Å²) in [5.41, 5.74) is 0. The van der Waals surface area contributed by atoms with Crippen LogP contribution in [0.3, 0.4) is 0 Å². The van der Waals surface area contributed by atoms with Crippen molar-refractivity contribution in [1.82, 2.24) is 4.98 Å². The third-order valence-corrected chi connectivity index (χ3v) is 2.78. The standard InChI is InChI=1S/C14H15F3N2O2/c1-20-11-3-2-10-4-5-18-13(12(10)8-11)19-6-7-21-9-14(15,16)17/h2-5,8H,6-7,9H2,1H3,(H,18,19). The molecule has 0 fully saturated rings. The molecule has 21 heavy (non-hydrogen) atoms. The fraction of sp³-hybridized carbons (Fsp3) is 0.357. The molecule has 0 unspecified atom stereocenters. The number of hydrogen-bond donors (Lipinski definition) is 1. The third-order valence-electron chi connectivity index (χ3n) is 2.78. The molecule has 0 saturated heterocycles. The Balaban J connectivity index is 1.98. The van der Waals surface area contributed by atoms with E-state index in [1.165, 1.54) is 0 Å². The maximum Gasteiger partial charge on any atom is 0.411 e. The van der Waals surface area contributed by atoms with Gasteiger partial charge in [0.1, 0.15) is 18.2 Å². The summed E-state index contributed by atoms with van der Waals surface area (Å²) < 4.78 is 45.5. The second-order valence-corrected chi connectivity index (χ2v) is 4.34. The van der Waals surface area contributed by atoms with Crippen LogP contribution < -0.4 is 10.1 Å². The Morgan fingerprint density at radius 3 is 2.76 bits per heavy atom. The Bertz CT molecular complexity index is 602. The summed E-state index contributed by atoms with van der Waals surface area (Å²) in [5, 5.41) is 4.77. The summed E-state index contributed by atoms with van der Waals surface area (Å²) in [6, 6.07) is 7.39. The number of benzene rings is 1. The van der Waals surface area contributed by atoms with Crippen molar-refractivity contribution in [3.8, 4) is 5.75 Å². The first-order valence-corrected chi connectivity index (χ1v) is 6.31. The van der Waals surface area contributed by atoms with E-state index in [1.807, 2.05) is 24.3 Å². The number of halogens is 3. The highest BCUT2D eigenvalue weighted by atomic mass is 19.4. The molecule has 7 heteroatoms. The van der Waals surface area contributed by atoms with Crippen molar-refractivity contribution in [3.63, 3.8) is 0 Å². The topological polar surface area (TPSA) is 43.4 Å². The number of pyridine rings is 1. The average molecular weight is 300 g/mol. The van der Waals surface area contributed by atoms with Gasteiger partial charge in [0.25, 0.3) is 0 Å². The van der Waals surface area contributed by atoms with Crippen LogP contribution >= 0.6 is 0 Å². The van der Waals surface area contributed by atoms with Gasteiger partial charge in [0.05, 0.1) is 13.7 Å². The number of hydrogen-bond acceptors (Lipinski definition) is 4. The molecule has 114 valence electrons. The highest BCUT2D eigenvalue weighted by Crippen LogP contribution is 2.25. The summed E-state index contributed by atoms with van der Waals surface area (Å²) >= 11 is 0. The number of methoxy groups -OCH3 is 1. The molecule has 1 aromatic heterocycles. The number of anilines is 1. The lowest BCUT2D eigenvalue weighted by atomic mass is 10.1. The SMILES string of the molecule is COc1ccc2ccnc(NCCOCC(F)(F)F)c2c1. The zero-order chi connectivity index (χ0) is 15.3. The van der Waals surface area contributed by atoms with E-state index in [0.717, 1.165) is 10.8 Å². The summed E-state index contributed by atoms with van der Waals surface area (Å²) in [4.78, 5) is 4.18. The van der Waals surface area contributed by atoms with Gasteiger partial charge in [-0.05, 0) is 23.6 Å². The van der Waals surface area contributed by atoms with Gasteiger partial charge in [-0.15, -0.1) is 0 Å². The number of nitrogens with one attached hydrogen (secondary N) is 1. The molecular formula is C14H15F3N2O2. The van der Waals surface area contributed by atoms with E-state index in [4.69, 9.17) is 4.74 Å². The summed E-state index contributed by atoms with van der Waals surface area (Å²) in [5.74, 6) is 1.27. The van der Waals surface area contributed by atoms with Crippen molar-refractivity contribution < 1.29 is 22.6 Å². The zero-order valence-electron chi connectivity index (χ0n) is 11.4. The minimum absolute atomic E-state index is 0.0540. The summed E-state index contributed by atoms with van der Waals surface area (Å²) in [6.45, 7) is -1.06. The molecule has 0 spiro atoms. The molecule has 0 bridgehead atoms. The van der Waals surface area contributed by atoms with Crippen LogP contribution in [0.15, 0.2) is 30.5 Å². The molecule has 1 aromatic carbocycles. The minimum Gasteiger partial charge on any atom is -0.497 e. The van der Waals surface area contributed by atoms with Crippen LogP contribution in [0.4, 0.5) is 19.0 Å². The van der Waals surface area contributed by atoms with Gasteiger partial charge < -0.3 is 14.8 Å². The Hall–Kier alpha value is -2.02. The fourth-order valence-corrected chi connectivity index (χ4v) is 1.84. The van der Waals surface area contributed by atoms with Crippen molar-refractivity contribution in [1.29, 1.82) is 0 Å². The largest absolute Gasteiger partial charge is 0.497 e. The average Bonchev–Trinajstić information content (AvgIpc) is 2.45. The minimum atomic E-state index is -4.30. The van der Waals surface area contributed by atoms with Gasteiger partial charge in [0.15, 0.2) is 0 Å². The lowest BCUT2D eigenvalue weighted by Gasteiger charge is -2.11. The predicted molar refractivity (Wildman–Crippen MR) is 73.7 cm³/mol. The van der Waals surface area contributed by atoms with Crippen molar-refractivity contribution in [2.45, 2.75) is 6.18 Å². The first-order valence-electron chi connectivity index (χ1n) is 6.31. The van der Waals surface area contributed by atoms with Crippen LogP contribution in [-0.4, -0.2) is 38.0 Å². The van der Waals surface area contributed by atoms with Gasteiger partial charge in [-0.1, -0.05) is 6.07 Å². The van der Waals surface area contributed by atoms with Crippen LogP contribution in [0, 0.1) is 0 Å². The number of fused-ring (bicyclic) bond motifs is 1. The normalized spacial score (nSPS) is 11.6. The molecule has 0 amide bonds. The number of alkyl halides is 3. The molecule has 0 aliphatic heterocycles. The fourth-order valence-electron chi connectivity index (χ4n) is 1.84. The highest BCUT2D eigenvalue weighted by Gasteiger charge is 2.27. The monoisotopic (exact) mass is 300 g/mol. The molecule has 2 aromatic rings. The molecule has 0 aliphatic carbocycles. The quantitative estimate of drug-likeness (QED) is 0.832. The van der Waals surface area contributed by atoms with Crippen LogP contribution in [-0.2, 0) is 4.74 Å². The number of nitrogens with zero attached hydrogens (tertiary/aromatic N) is 1. The summed E-state index contributed by atoms with van der Waals surface area (Å²) in [7, 11) is 1.57. The molecule has 4 nitrogen and oxygen atoms in total. The third kappa shape index (κ3) is 4.49. The maximum atomic E-state index is 11.9.